The Bertz CT molecular complexity index is 2360. The van der Waals surface area contributed by atoms with Gasteiger partial charge in [-0.25, -0.2) is 0 Å². The van der Waals surface area contributed by atoms with E-state index in [1.807, 2.05) is 11.8 Å². The van der Waals surface area contributed by atoms with Gasteiger partial charge in [-0.1, -0.05) is 157 Å². The highest BCUT2D eigenvalue weighted by atomic mass is 32.2. The lowest BCUT2D eigenvalue weighted by Crippen LogP contribution is -2.32. The van der Waals surface area contributed by atoms with Crippen LogP contribution in [0.1, 0.15) is 45.1 Å². The SMILES string of the molecule is c1ccc(-c2ccc(C3N=C(c4ccc5c(c4)C4(c6ccccc6Sc6ccccc64)c4ccccc4-5)c4ccccc4N3)cc2)cc1. The van der Waals surface area contributed by atoms with E-state index in [1.54, 1.807) is 0 Å². The minimum absolute atomic E-state index is 0.202. The Morgan fingerprint density at radius 2 is 1.02 bits per heavy atom. The fourth-order valence-corrected chi connectivity index (χ4v) is 9.26. The fraction of sp³-hybridized carbons (Fsp3) is 0.0444. The van der Waals surface area contributed by atoms with Gasteiger partial charge in [0.15, 0.2) is 0 Å². The Morgan fingerprint density at radius 1 is 0.458 bits per heavy atom. The van der Waals surface area contributed by atoms with Crippen molar-refractivity contribution >= 4 is 23.2 Å². The van der Waals surface area contributed by atoms with Crippen LogP contribution in [0.2, 0.25) is 0 Å². The highest BCUT2D eigenvalue weighted by Gasteiger charge is 2.50. The topological polar surface area (TPSA) is 24.4 Å². The van der Waals surface area contributed by atoms with Crippen molar-refractivity contribution in [3.8, 4) is 22.3 Å². The zero-order chi connectivity index (χ0) is 31.7. The first-order valence-electron chi connectivity index (χ1n) is 16.5. The molecule has 0 bridgehead atoms. The molecule has 0 saturated carbocycles. The first-order chi connectivity index (χ1) is 23.8. The van der Waals surface area contributed by atoms with Crippen LogP contribution in [0.25, 0.3) is 22.3 Å². The lowest BCUT2D eigenvalue weighted by Gasteiger charge is -2.39. The van der Waals surface area contributed by atoms with Gasteiger partial charge >= 0.3 is 0 Å². The molecule has 2 aliphatic heterocycles. The second-order valence-corrected chi connectivity index (χ2v) is 13.8. The van der Waals surface area contributed by atoms with E-state index < -0.39 is 5.41 Å². The van der Waals surface area contributed by atoms with Crippen LogP contribution in [0.15, 0.2) is 185 Å². The molecule has 1 spiro atoms. The maximum Gasteiger partial charge on any atom is 0.145 e. The first kappa shape index (κ1) is 27.5. The molecule has 2 nitrogen and oxygen atoms in total. The molecule has 0 amide bonds. The lowest BCUT2D eigenvalue weighted by molar-refractivity contribution is 0.722. The van der Waals surface area contributed by atoms with E-state index in [0.717, 1.165) is 28.1 Å². The number of nitrogens with zero attached hydrogens (tertiary/aromatic N) is 1. The van der Waals surface area contributed by atoms with Crippen molar-refractivity contribution < 1.29 is 0 Å². The van der Waals surface area contributed by atoms with Gasteiger partial charge in [0, 0.05) is 26.6 Å². The Kier molecular flexibility index (Phi) is 6.12. The van der Waals surface area contributed by atoms with E-state index >= 15 is 0 Å². The van der Waals surface area contributed by atoms with Crippen molar-refractivity contribution in [3.63, 3.8) is 0 Å². The van der Waals surface area contributed by atoms with E-state index in [-0.39, 0.29) is 6.17 Å². The molecule has 7 aromatic rings. The number of nitrogens with one attached hydrogen (secondary N) is 1. The summed E-state index contributed by atoms with van der Waals surface area (Å²) in [5.74, 6) is 0. The largest absolute Gasteiger partial charge is 0.360 e. The van der Waals surface area contributed by atoms with E-state index in [9.17, 15) is 0 Å². The third kappa shape index (κ3) is 3.98. The highest BCUT2D eigenvalue weighted by Crippen LogP contribution is 2.62. The minimum Gasteiger partial charge on any atom is -0.360 e. The van der Waals surface area contributed by atoms with Crippen LogP contribution >= 0.6 is 11.8 Å². The van der Waals surface area contributed by atoms with Crippen LogP contribution in [-0.2, 0) is 5.41 Å². The number of anilines is 1. The molecule has 3 aliphatic rings. The second kappa shape index (κ2) is 10.7. The molecule has 1 unspecified atom stereocenters. The fourth-order valence-electron chi connectivity index (χ4n) is 8.07. The average Bonchev–Trinajstić information content (AvgIpc) is 3.45. The van der Waals surface area contributed by atoms with Crippen molar-refractivity contribution in [1.82, 2.24) is 0 Å². The van der Waals surface area contributed by atoms with Crippen LogP contribution in [0, 0.1) is 0 Å². The molecule has 226 valence electrons. The Morgan fingerprint density at radius 3 is 1.77 bits per heavy atom. The summed E-state index contributed by atoms with van der Waals surface area (Å²) in [6, 6.07) is 61.9. The summed E-state index contributed by atoms with van der Waals surface area (Å²) in [7, 11) is 0. The van der Waals surface area contributed by atoms with Crippen molar-refractivity contribution in [1.29, 1.82) is 0 Å². The first-order valence-corrected chi connectivity index (χ1v) is 17.3. The van der Waals surface area contributed by atoms with Gasteiger partial charge in [-0.15, -0.1) is 0 Å². The minimum atomic E-state index is -0.417. The van der Waals surface area contributed by atoms with E-state index in [0.29, 0.717) is 0 Å². The van der Waals surface area contributed by atoms with Gasteiger partial charge in [0.05, 0.1) is 11.1 Å². The molecule has 1 aliphatic carbocycles. The quantitative estimate of drug-likeness (QED) is 0.210. The number of hydrogen-bond acceptors (Lipinski definition) is 3. The third-order valence-corrected chi connectivity index (χ3v) is 11.3. The van der Waals surface area contributed by atoms with Crippen molar-refractivity contribution in [3.05, 3.63) is 209 Å². The summed E-state index contributed by atoms with van der Waals surface area (Å²) >= 11 is 1.88. The molecule has 0 fully saturated rings. The molecule has 1 atom stereocenters. The predicted octanol–water partition coefficient (Wildman–Crippen LogP) is 11.1. The summed E-state index contributed by atoms with van der Waals surface area (Å²) in [6.07, 6.45) is -0.202. The second-order valence-electron chi connectivity index (χ2n) is 12.7. The number of fused-ring (bicyclic) bond motifs is 10. The zero-order valence-electron chi connectivity index (χ0n) is 26.1. The van der Waals surface area contributed by atoms with E-state index in [1.165, 1.54) is 54.3 Å². The number of para-hydroxylation sites is 1. The van der Waals surface area contributed by atoms with Crippen molar-refractivity contribution in [2.24, 2.45) is 4.99 Å². The van der Waals surface area contributed by atoms with Crippen LogP contribution in [0.5, 0.6) is 0 Å². The summed E-state index contributed by atoms with van der Waals surface area (Å²) in [5.41, 5.74) is 15.5. The predicted molar refractivity (Wildman–Crippen MR) is 198 cm³/mol. The van der Waals surface area contributed by atoms with E-state index in [4.69, 9.17) is 4.99 Å². The molecular weight excluding hydrogens is 601 g/mol. The van der Waals surface area contributed by atoms with E-state index in [2.05, 4.69) is 175 Å². The molecule has 7 aromatic carbocycles. The summed E-state index contributed by atoms with van der Waals surface area (Å²) in [4.78, 5) is 8.09. The molecule has 0 aromatic heterocycles. The summed E-state index contributed by atoms with van der Waals surface area (Å²) in [5, 5.41) is 3.73. The van der Waals surface area contributed by atoms with Gasteiger partial charge in [-0.2, -0.15) is 0 Å². The molecule has 10 rings (SSSR count). The molecule has 2 heterocycles. The van der Waals surface area contributed by atoms with Crippen LogP contribution in [0.4, 0.5) is 5.69 Å². The monoisotopic (exact) mass is 630 g/mol. The Hall–Kier alpha value is -5.64. The van der Waals surface area contributed by atoms with Gasteiger partial charge in [0.2, 0.25) is 0 Å². The van der Waals surface area contributed by atoms with Crippen LogP contribution in [0.3, 0.4) is 0 Å². The van der Waals surface area contributed by atoms with Crippen LogP contribution in [-0.4, -0.2) is 5.71 Å². The molecule has 1 N–H and O–H groups in total. The molecule has 3 heteroatoms. The van der Waals surface area contributed by atoms with Gasteiger partial charge < -0.3 is 5.32 Å². The van der Waals surface area contributed by atoms with Gasteiger partial charge in [0.25, 0.3) is 0 Å². The van der Waals surface area contributed by atoms with Crippen molar-refractivity contribution in [2.45, 2.75) is 21.4 Å². The highest BCUT2D eigenvalue weighted by molar-refractivity contribution is 7.99. The zero-order valence-corrected chi connectivity index (χ0v) is 26.9. The summed E-state index contributed by atoms with van der Waals surface area (Å²) < 4.78 is 0. The van der Waals surface area contributed by atoms with Gasteiger partial charge in [-0.05, 0) is 74.3 Å². The smallest absolute Gasteiger partial charge is 0.145 e. The molecule has 0 saturated heterocycles. The number of aliphatic imine (C=N–C) groups is 1. The third-order valence-electron chi connectivity index (χ3n) is 10.2. The maximum absolute atomic E-state index is 5.46. The number of rotatable bonds is 3. The lowest BCUT2D eigenvalue weighted by atomic mass is 9.67. The molecular formula is C45H30N2S. The van der Waals surface area contributed by atoms with Gasteiger partial charge in [0.1, 0.15) is 6.17 Å². The Labute approximate surface area is 284 Å². The normalized spacial score (nSPS) is 16.1. The number of hydrogen-bond donors (Lipinski definition) is 1. The maximum atomic E-state index is 5.46. The Balaban J connectivity index is 1.17. The summed E-state index contributed by atoms with van der Waals surface area (Å²) in [6.45, 7) is 0. The van der Waals surface area contributed by atoms with Gasteiger partial charge in [-0.3, -0.25) is 4.99 Å². The number of benzene rings is 7. The standard InChI is InChI=1S/C45H30N2S/c1-2-12-29(13-3-1)30-22-24-31(25-23-30)44-46-40-19-9-5-15-35(40)43(47-44)32-26-27-34-33-14-4-6-16-36(33)45(39(34)28-32)37-17-7-10-20-41(37)48-42-21-11-8-18-38(42)45/h1-28,44,46H. The molecule has 48 heavy (non-hydrogen) atoms. The van der Waals surface area contributed by atoms with Crippen LogP contribution < -0.4 is 5.32 Å². The average molecular weight is 631 g/mol. The molecule has 0 radical (unpaired) electrons. The van der Waals surface area contributed by atoms with Crippen molar-refractivity contribution in [2.75, 3.05) is 5.32 Å².